The van der Waals surface area contributed by atoms with Crippen molar-refractivity contribution in [1.29, 1.82) is 0 Å². The van der Waals surface area contributed by atoms with Crippen LogP contribution in [0.1, 0.15) is 22.8 Å². The topological polar surface area (TPSA) is 80.8 Å². The van der Waals surface area contributed by atoms with E-state index < -0.39 is 6.10 Å². The highest BCUT2D eigenvalue weighted by atomic mass is 32.2. The third kappa shape index (κ3) is 3.78. The average molecular weight is 448 g/mol. The molecule has 0 fully saturated rings. The standard InChI is InChI=1S/C24H21N3O4S/c1-2-27-17-10-9-15(12-21(17)32-23-16(24(27)29)6-5-11-25-23)13-26-22(28)20-14-30-18-7-3-4-8-19(18)31-20/h3-12,20H,2,13-14H2,1H3,(H,26,28)/t20-/m1/s1. The lowest BCUT2D eigenvalue weighted by molar-refractivity contribution is -0.130. The molecule has 0 aliphatic carbocycles. The van der Waals surface area contributed by atoms with E-state index in [-0.39, 0.29) is 18.4 Å². The van der Waals surface area contributed by atoms with E-state index in [0.29, 0.717) is 35.2 Å². The van der Waals surface area contributed by atoms with Gasteiger partial charge in [0.15, 0.2) is 11.5 Å². The second kappa shape index (κ2) is 8.55. The van der Waals surface area contributed by atoms with Gasteiger partial charge < -0.3 is 19.7 Å². The lowest BCUT2D eigenvalue weighted by Crippen LogP contribution is -2.43. The molecule has 2 aliphatic heterocycles. The molecule has 0 saturated carbocycles. The molecule has 7 nitrogen and oxygen atoms in total. The van der Waals surface area contributed by atoms with Crippen molar-refractivity contribution in [1.82, 2.24) is 10.3 Å². The molecule has 2 aromatic carbocycles. The minimum Gasteiger partial charge on any atom is -0.485 e. The summed E-state index contributed by atoms with van der Waals surface area (Å²) in [6.07, 6.45) is 0.985. The molecule has 1 atom stereocenters. The predicted octanol–water partition coefficient (Wildman–Crippen LogP) is 3.67. The van der Waals surface area contributed by atoms with Crippen molar-refractivity contribution in [2.24, 2.45) is 0 Å². The van der Waals surface area contributed by atoms with Crippen LogP contribution >= 0.6 is 11.8 Å². The van der Waals surface area contributed by atoms with E-state index in [2.05, 4.69) is 10.3 Å². The van der Waals surface area contributed by atoms with Crippen molar-refractivity contribution in [3.63, 3.8) is 0 Å². The number of ether oxygens (including phenoxy) is 2. The minimum absolute atomic E-state index is 0.0577. The van der Waals surface area contributed by atoms with Gasteiger partial charge in [0.2, 0.25) is 6.10 Å². The van der Waals surface area contributed by atoms with Gasteiger partial charge in [0.25, 0.3) is 11.8 Å². The van der Waals surface area contributed by atoms with Gasteiger partial charge in [0.05, 0.1) is 11.3 Å². The number of para-hydroxylation sites is 2. The molecule has 162 valence electrons. The van der Waals surface area contributed by atoms with Crippen molar-refractivity contribution in [2.75, 3.05) is 18.1 Å². The molecule has 0 unspecified atom stereocenters. The molecule has 32 heavy (non-hydrogen) atoms. The number of benzene rings is 2. The molecule has 0 bridgehead atoms. The maximum atomic E-state index is 13.0. The second-order valence-corrected chi connectivity index (χ2v) is 8.42. The van der Waals surface area contributed by atoms with Gasteiger partial charge in [0, 0.05) is 24.2 Å². The van der Waals surface area contributed by atoms with Gasteiger partial charge >= 0.3 is 0 Å². The van der Waals surface area contributed by atoms with Gasteiger partial charge in [-0.2, -0.15) is 0 Å². The largest absolute Gasteiger partial charge is 0.485 e. The first kappa shape index (κ1) is 20.4. The Balaban J connectivity index is 1.32. The SMILES string of the molecule is CCN1C(=O)c2cccnc2Sc2cc(CNC(=O)[C@H]3COc4ccccc4O3)ccc21. The number of rotatable bonds is 4. The molecule has 3 heterocycles. The maximum Gasteiger partial charge on any atom is 0.264 e. The van der Waals surface area contributed by atoms with E-state index in [0.717, 1.165) is 16.1 Å². The number of fused-ring (bicyclic) bond motifs is 3. The van der Waals surface area contributed by atoms with Crippen molar-refractivity contribution in [3.05, 3.63) is 71.9 Å². The molecule has 0 saturated heterocycles. The summed E-state index contributed by atoms with van der Waals surface area (Å²) in [4.78, 5) is 32.7. The van der Waals surface area contributed by atoms with Crippen LogP contribution in [0.3, 0.4) is 0 Å². The average Bonchev–Trinajstić information content (AvgIpc) is 2.95. The first-order valence-electron chi connectivity index (χ1n) is 10.4. The maximum absolute atomic E-state index is 13.0. The Kier molecular flexibility index (Phi) is 5.45. The molecule has 0 radical (unpaired) electrons. The number of anilines is 1. The number of hydrogen-bond acceptors (Lipinski definition) is 6. The summed E-state index contributed by atoms with van der Waals surface area (Å²) >= 11 is 1.46. The highest BCUT2D eigenvalue weighted by Gasteiger charge is 2.28. The Morgan fingerprint density at radius 2 is 2.03 bits per heavy atom. The lowest BCUT2D eigenvalue weighted by Gasteiger charge is -2.25. The number of carbonyl (C=O) groups excluding carboxylic acids is 2. The van der Waals surface area contributed by atoms with Gasteiger partial charge in [-0.3, -0.25) is 9.59 Å². The number of aromatic nitrogens is 1. The minimum atomic E-state index is -0.704. The van der Waals surface area contributed by atoms with Crippen molar-refractivity contribution >= 4 is 29.3 Å². The highest BCUT2D eigenvalue weighted by Crippen LogP contribution is 2.40. The molecule has 5 rings (SSSR count). The van der Waals surface area contributed by atoms with Gasteiger partial charge in [-0.15, -0.1) is 0 Å². The fourth-order valence-electron chi connectivity index (χ4n) is 3.73. The Labute approximate surface area is 189 Å². The zero-order valence-electron chi connectivity index (χ0n) is 17.4. The van der Waals surface area contributed by atoms with E-state index >= 15 is 0 Å². The summed E-state index contributed by atoms with van der Waals surface area (Å²) in [5.74, 6) is 0.913. The van der Waals surface area contributed by atoms with Crippen LogP contribution in [0.5, 0.6) is 11.5 Å². The van der Waals surface area contributed by atoms with Crippen molar-refractivity contribution < 1.29 is 19.1 Å². The van der Waals surface area contributed by atoms with Crippen LogP contribution in [0.15, 0.2) is 70.7 Å². The number of nitrogens with zero attached hydrogens (tertiary/aromatic N) is 2. The zero-order chi connectivity index (χ0) is 22.1. The summed E-state index contributed by atoms with van der Waals surface area (Å²) in [6, 6.07) is 16.7. The number of nitrogens with one attached hydrogen (secondary N) is 1. The van der Waals surface area contributed by atoms with Crippen molar-refractivity contribution in [3.8, 4) is 11.5 Å². The van der Waals surface area contributed by atoms with E-state index in [1.165, 1.54) is 11.8 Å². The Hall–Kier alpha value is -3.52. The van der Waals surface area contributed by atoms with Crippen LogP contribution in [0.4, 0.5) is 5.69 Å². The summed E-state index contributed by atoms with van der Waals surface area (Å²) in [5, 5.41) is 3.61. The molecular formula is C24H21N3O4S. The van der Waals surface area contributed by atoms with E-state index in [9.17, 15) is 9.59 Å². The summed E-state index contributed by atoms with van der Waals surface area (Å²) in [5.41, 5.74) is 2.36. The quantitative estimate of drug-likeness (QED) is 0.657. The summed E-state index contributed by atoms with van der Waals surface area (Å²) in [6.45, 7) is 3.01. The van der Waals surface area contributed by atoms with E-state index in [1.54, 1.807) is 29.3 Å². The highest BCUT2D eigenvalue weighted by molar-refractivity contribution is 7.99. The monoisotopic (exact) mass is 447 g/mol. The first-order chi connectivity index (χ1) is 15.6. The zero-order valence-corrected chi connectivity index (χ0v) is 18.2. The number of hydrogen-bond donors (Lipinski definition) is 1. The number of amides is 2. The van der Waals surface area contributed by atoms with Crippen LogP contribution in [0.25, 0.3) is 0 Å². The van der Waals surface area contributed by atoms with Gasteiger partial charge in [0.1, 0.15) is 11.6 Å². The fourth-order valence-corrected chi connectivity index (χ4v) is 4.81. The predicted molar refractivity (Wildman–Crippen MR) is 120 cm³/mol. The molecule has 1 aromatic heterocycles. The second-order valence-electron chi connectivity index (χ2n) is 7.39. The normalized spacial score (nSPS) is 16.6. The van der Waals surface area contributed by atoms with Crippen LogP contribution in [0, 0.1) is 0 Å². The Morgan fingerprint density at radius 1 is 1.19 bits per heavy atom. The van der Waals surface area contributed by atoms with Gasteiger partial charge in [-0.25, -0.2) is 4.98 Å². The lowest BCUT2D eigenvalue weighted by atomic mass is 10.1. The molecule has 1 N–H and O–H groups in total. The van der Waals surface area contributed by atoms with Gasteiger partial charge in [-0.05, 0) is 48.9 Å². The first-order valence-corrected chi connectivity index (χ1v) is 11.2. The Morgan fingerprint density at radius 3 is 2.88 bits per heavy atom. The summed E-state index contributed by atoms with van der Waals surface area (Å²) < 4.78 is 11.4. The molecule has 0 spiro atoms. The fraction of sp³-hybridized carbons (Fsp3) is 0.208. The van der Waals surface area contributed by atoms with Crippen LogP contribution in [0.2, 0.25) is 0 Å². The Bertz CT molecular complexity index is 1200. The van der Waals surface area contributed by atoms with Crippen molar-refractivity contribution in [2.45, 2.75) is 29.5 Å². The van der Waals surface area contributed by atoms with Crippen LogP contribution in [-0.4, -0.2) is 36.1 Å². The van der Waals surface area contributed by atoms with Crippen LogP contribution < -0.4 is 19.7 Å². The number of carbonyl (C=O) groups is 2. The van der Waals surface area contributed by atoms with Crippen LogP contribution in [-0.2, 0) is 11.3 Å². The third-order valence-corrected chi connectivity index (χ3v) is 6.42. The van der Waals surface area contributed by atoms with Gasteiger partial charge in [-0.1, -0.05) is 30.0 Å². The third-order valence-electron chi connectivity index (χ3n) is 5.35. The molecular weight excluding hydrogens is 426 g/mol. The molecule has 2 aliphatic rings. The van der Waals surface area contributed by atoms with E-state index in [1.807, 2.05) is 43.3 Å². The number of pyridine rings is 1. The molecule has 2 amide bonds. The smallest absolute Gasteiger partial charge is 0.264 e. The molecule has 8 heteroatoms. The van der Waals surface area contributed by atoms with E-state index in [4.69, 9.17) is 9.47 Å². The summed E-state index contributed by atoms with van der Waals surface area (Å²) in [7, 11) is 0. The molecule has 3 aromatic rings.